The van der Waals surface area contributed by atoms with Crippen LogP contribution >= 0.6 is 11.3 Å². The molecule has 3 atom stereocenters. The molecule has 1 aromatic rings. The highest BCUT2D eigenvalue weighted by molar-refractivity contribution is 7.10. The lowest BCUT2D eigenvalue weighted by Crippen LogP contribution is -2.41. The quantitative estimate of drug-likeness (QED) is 0.898. The fourth-order valence-electron chi connectivity index (χ4n) is 3.10. The Kier molecular flexibility index (Phi) is 5.24. The van der Waals surface area contributed by atoms with Gasteiger partial charge in [-0.05, 0) is 63.1 Å². The highest BCUT2D eigenvalue weighted by atomic mass is 32.1. The van der Waals surface area contributed by atoms with Crippen molar-refractivity contribution in [3.05, 3.63) is 21.9 Å². The van der Waals surface area contributed by atoms with Crippen LogP contribution in [0.2, 0.25) is 0 Å². The lowest BCUT2D eigenvalue weighted by molar-refractivity contribution is 0.0423. The van der Waals surface area contributed by atoms with Crippen molar-refractivity contribution >= 4 is 11.3 Å². The molecule has 0 spiro atoms. The van der Waals surface area contributed by atoms with E-state index < -0.39 is 5.60 Å². The van der Waals surface area contributed by atoms with Crippen LogP contribution in [-0.2, 0) is 0 Å². The Morgan fingerprint density at radius 1 is 1.45 bits per heavy atom. The van der Waals surface area contributed by atoms with Gasteiger partial charge in [0.05, 0.1) is 11.6 Å². The van der Waals surface area contributed by atoms with E-state index in [4.69, 9.17) is 5.73 Å². The summed E-state index contributed by atoms with van der Waals surface area (Å²) in [5.41, 5.74) is 7.26. The fraction of sp³-hybridized carbons (Fsp3) is 0.750. The smallest absolute Gasteiger partial charge is 0.0632 e. The molecule has 3 nitrogen and oxygen atoms in total. The number of likely N-dealkylation sites (tertiary alicyclic amines) is 1. The highest BCUT2D eigenvalue weighted by Crippen LogP contribution is 2.34. The standard InChI is InChI=1S/C16H28N2OS/c1-4-13(17)14(15-12(2)6-11-20-15)18-9-5-7-16(3,19)8-10-18/h6,11,13-14,19H,4-5,7-10,17H2,1-3H3. The predicted octanol–water partition coefficient (Wildman–Crippen LogP) is 3.07. The third-order valence-corrected chi connectivity index (χ3v) is 5.63. The lowest BCUT2D eigenvalue weighted by Gasteiger charge is -2.34. The maximum absolute atomic E-state index is 10.3. The monoisotopic (exact) mass is 296 g/mol. The Balaban J connectivity index is 2.21. The van der Waals surface area contributed by atoms with Gasteiger partial charge in [0.2, 0.25) is 0 Å². The molecule has 0 amide bonds. The maximum atomic E-state index is 10.3. The topological polar surface area (TPSA) is 49.5 Å². The molecular weight excluding hydrogens is 268 g/mol. The highest BCUT2D eigenvalue weighted by Gasteiger charge is 2.32. The van der Waals surface area contributed by atoms with E-state index in [9.17, 15) is 5.11 Å². The molecular formula is C16H28N2OS. The summed E-state index contributed by atoms with van der Waals surface area (Å²) in [6.45, 7) is 8.26. The van der Waals surface area contributed by atoms with E-state index in [2.05, 4.69) is 30.2 Å². The number of aliphatic hydroxyl groups is 1. The molecule has 4 heteroatoms. The zero-order valence-corrected chi connectivity index (χ0v) is 13.7. The molecule has 1 aliphatic rings. The van der Waals surface area contributed by atoms with Gasteiger partial charge in [0.1, 0.15) is 0 Å². The third-order valence-electron chi connectivity index (χ3n) is 4.54. The van der Waals surface area contributed by atoms with Crippen molar-refractivity contribution in [2.45, 2.75) is 64.1 Å². The zero-order valence-electron chi connectivity index (χ0n) is 12.9. The van der Waals surface area contributed by atoms with Gasteiger partial charge >= 0.3 is 0 Å². The number of thiophene rings is 1. The summed E-state index contributed by atoms with van der Waals surface area (Å²) in [6, 6.07) is 2.65. The first kappa shape index (κ1) is 16.0. The first-order valence-corrected chi connectivity index (χ1v) is 8.58. The van der Waals surface area contributed by atoms with Crippen molar-refractivity contribution in [2.75, 3.05) is 13.1 Å². The minimum Gasteiger partial charge on any atom is -0.390 e. The van der Waals surface area contributed by atoms with E-state index in [1.807, 2.05) is 18.3 Å². The molecule has 0 saturated carbocycles. The minimum atomic E-state index is -0.514. The Morgan fingerprint density at radius 2 is 2.20 bits per heavy atom. The van der Waals surface area contributed by atoms with E-state index in [0.717, 1.165) is 38.8 Å². The average molecular weight is 296 g/mol. The van der Waals surface area contributed by atoms with Gasteiger partial charge in [-0.15, -0.1) is 11.3 Å². The molecule has 1 fully saturated rings. The van der Waals surface area contributed by atoms with Crippen LogP contribution in [0.1, 0.15) is 56.0 Å². The van der Waals surface area contributed by atoms with Crippen molar-refractivity contribution in [2.24, 2.45) is 5.73 Å². The van der Waals surface area contributed by atoms with Crippen LogP contribution in [0, 0.1) is 6.92 Å². The first-order valence-electron chi connectivity index (χ1n) is 7.70. The largest absolute Gasteiger partial charge is 0.390 e. The van der Waals surface area contributed by atoms with Gasteiger partial charge in [0, 0.05) is 17.5 Å². The normalized spacial score (nSPS) is 28.1. The number of nitrogens with zero attached hydrogens (tertiary/aromatic N) is 1. The van der Waals surface area contributed by atoms with Crippen LogP contribution in [-0.4, -0.2) is 34.7 Å². The van der Waals surface area contributed by atoms with Crippen LogP contribution in [0.5, 0.6) is 0 Å². The van der Waals surface area contributed by atoms with Crippen molar-refractivity contribution in [1.82, 2.24) is 4.90 Å². The summed E-state index contributed by atoms with van der Waals surface area (Å²) in [4.78, 5) is 3.90. The van der Waals surface area contributed by atoms with Crippen molar-refractivity contribution < 1.29 is 5.11 Å². The van der Waals surface area contributed by atoms with Crippen LogP contribution in [0.25, 0.3) is 0 Å². The Bertz CT molecular complexity index is 430. The Hall–Kier alpha value is -0.420. The summed E-state index contributed by atoms with van der Waals surface area (Å²) in [5.74, 6) is 0. The van der Waals surface area contributed by atoms with E-state index in [-0.39, 0.29) is 6.04 Å². The lowest BCUT2D eigenvalue weighted by atomic mass is 9.97. The second kappa shape index (κ2) is 6.56. The summed E-state index contributed by atoms with van der Waals surface area (Å²) in [7, 11) is 0. The van der Waals surface area contributed by atoms with E-state index in [0.29, 0.717) is 6.04 Å². The third kappa shape index (κ3) is 3.61. The molecule has 0 bridgehead atoms. The molecule has 0 radical (unpaired) electrons. The first-order chi connectivity index (χ1) is 9.44. The number of aryl methyl sites for hydroxylation is 1. The molecule has 114 valence electrons. The summed E-state index contributed by atoms with van der Waals surface area (Å²) < 4.78 is 0. The molecule has 20 heavy (non-hydrogen) atoms. The Morgan fingerprint density at radius 3 is 2.80 bits per heavy atom. The summed E-state index contributed by atoms with van der Waals surface area (Å²) in [5, 5.41) is 12.4. The molecule has 1 aromatic heterocycles. The predicted molar refractivity (Wildman–Crippen MR) is 86.1 cm³/mol. The van der Waals surface area contributed by atoms with Crippen molar-refractivity contribution in [1.29, 1.82) is 0 Å². The fourth-order valence-corrected chi connectivity index (χ4v) is 4.24. The second-order valence-electron chi connectivity index (χ2n) is 6.37. The number of hydrogen-bond acceptors (Lipinski definition) is 4. The van der Waals surface area contributed by atoms with Crippen LogP contribution in [0.4, 0.5) is 0 Å². The molecule has 2 rings (SSSR count). The molecule has 3 unspecified atom stereocenters. The van der Waals surface area contributed by atoms with Crippen LogP contribution < -0.4 is 5.73 Å². The van der Waals surface area contributed by atoms with Crippen molar-refractivity contribution in [3.63, 3.8) is 0 Å². The van der Waals surface area contributed by atoms with Gasteiger partial charge in [-0.1, -0.05) is 6.92 Å². The maximum Gasteiger partial charge on any atom is 0.0632 e. The number of hydrogen-bond donors (Lipinski definition) is 2. The molecule has 1 aliphatic heterocycles. The average Bonchev–Trinajstić information content (AvgIpc) is 2.72. The second-order valence-corrected chi connectivity index (χ2v) is 7.32. The van der Waals surface area contributed by atoms with E-state index in [1.54, 1.807) is 0 Å². The van der Waals surface area contributed by atoms with Crippen LogP contribution in [0.15, 0.2) is 11.4 Å². The van der Waals surface area contributed by atoms with E-state index in [1.165, 1.54) is 10.4 Å². The van der Waals surface area contributed by atoms with Crippen molar-refractivity contribution in [3.8, 4) is 0 Å². The van der Waals surface area contributed by atoms with Gasteiger partial charge in [-0.2, -0.15) is 0 Å². The van der Waals surface area contributed by atoms with Gasteiger partial charge in [0.15, 0.2) is 0 Å². The number of nitrogens with two attached hydrogens (primary N) is 1. The van der Waals surface area contributed by atoms with Gasteiger partial charge in [-0.25, -0.2) is 0 Å². The molecule has 0 aromatic carbocycles. The van der Waals surface area contributed by atoms with Crippen LogP contribution in [0.3, 0.4) is 0 Å². The molecule has 0 aliphatic carbocycles. The summed E-state index contributed by atoms with van der Waals surface area (Å²) in [6.07, 6.45) is 3.75. The zero-order chi connectivity index (χ0) is 14.8. The van der Waals surface area contributed by atoms with Gasteiger partial charge in [-0.3, -0.25) is 4.90 Å². The van der Waals surface area contributed by atoms with Gasteiger partial charge < -0.3 is 10.8 Å². The molecule has 1 saturated heterocycles. The molecule has 3 N–H and O–H groups in total. The minimum absolute atomic E-state index is 0.162. The Labute approximate surface area is 126 Å². The summed E-state index contributed by atoms with van der Waals surface area (Å²) >= 11 is 1.82. The van der Waals surface area contributed by atoms with E-state index >= 15 is 0 Å². The van der Waals surface area contributed by atoms with Gasteiger partial charge in [0.25, 0.3) is 0 Å². The SMILES string of the molecule is CCC(N)C(c1sccc1C)N1CCCC(C)(O)CC1. The number of rotatable bonds is 4. The molecule has 2 heterocycles.